The van der Waals surface area contributed by atoms with Gasteiger partial charge >= 0.3 is 0 Å². The number of nitrogens with one attached hydrogen (secondary N) is 1. The zero-order valence-electron chi connectivity index (χ0n) is 14.5. The van der Waals surface area contributed by atoms with Crippen molar-refractivity contribution in [3.63, 3.8) is 0 Å². The SMILES string of the molecule is CCOc1cccc(CNC(=O)CCN2C(=O)c3ccccc3C2=O)c1. The molecule has 26 heavy (non-hydrogen) atoms. The van der Waals surface area contributed by atoms with Crippen molar-refractivity contribution in [1.29, 1.82) is 0 Å². The molecule has 0 aliphatic carbocycles. The van der Waals surface area contributed by atoms with Crippen molar-refractivity contribution in [2.45, 2.75) is 19.9 Å². The van der Waals surface area contributed by atoms with Gasteiger partial charge in [-0.3, -0.25) is 19.3 Å². The average molecular weight is 352 g/mol. The quantitative estimate of drug-likeness (QED) is 0.777. The van der Waals surface area contributed by atoms with Gasteiger partial charge in [-0.1, -0.05) is 24.3 Å². The Morgan fingerprint density at radius 3 is 2.38 bits per heavy atom. The first kappa shape index (κ1) is 17.7. The average Bonchev–Trinajstić information content (AvgIpc) is 2.90. The fourth-order valence-corrected chi connectivity index (χ4v) is 2.86. The first-order valence-corrected chi connectivity index (χ1v) is 8.54. The van der Waals surface area contributed by atoms with E-state index in [0.29, 0.717) is 24.3 Å². The standard InChI is InChI=1S/C20H20N2O4/c1-2-26-15-7-5-6-14(12-15)13-21-18(23)10-11-22-19(24)16-8-3-4-9-17(16)20(22)25/h3-9,12H,2,10-11,13H2,1H3,(H,21,23). The van der Waals surface area contributed by atoms with Crippen LogP contribution in [0.1, 0.15) is 39.6 Å². The van der Waals surface area contributed by atoms with Crippen molar-refractivity contribution >= 4 is 17.7 Å². The molecule has 6 heteroatoms. The molecule has 3 rings (SSSR count). The Balaban J connectivity index is 1.51. The van der Waals surface area contributed by atoms with Crippen molar-refractivity contribution in [2.24, 2.45) is 0 Å². The summed E-state index contributed by atoms with van der Waals surface area (Å²) in [5, 5.41) is 2.80. The van der Waals surface area contributed by atoms with Gasteiger partial charge in [-0.05, 0) is 36.8 Å². The van der Waals surface area contributed by atoms with Gasteiger partial charge in [-0.15, -0.1) is 0 Å². The van der Waals surface area contributed by atoms with Crippen molar-refractivity contribution in [3.8, 4) is 5.75 Å². The normalized spacial score (nSPS) is 12.9. The number of hydrogen-bond donors (Lipinski definition) is 1. The molecule has 0 bridgehead atoms. The fourth-order valence-electron chi connectivity index (χ4n) is 2.86. The number of carbonyl (C=O) groups excluding carboxylic acids is 3. The van der Waals surface area contributed by atoms with Gasteiger partial charge in [0.15, 0.2) is 0 Å². The van der Waals surface area contributed by atoms with Gasteiger partial charge in [0, 0.05) is 19.5 Å². The Bertz CT molecular complexity index is 812. The lowest BCUT2D eigenvalue weighted by atomic mass is 10.1. The molecule has 1 heterocycles. The van der Waals surface area contributed by atoms with E-state index in [1.807, 2.05) is 31.2 Å². The number of amides is 3. The summed E-state index contributed by atoms with van der Waals surface area (Å²) < 4.78 is 5.43. The van der Waals surface area contributed by atoms with E-state index in [4.69, 9.17) is 4.74 Å². The van der Waals surface area contributed by atoms with Crippen LogP contribution in [0.2, 0.25) is 0 Å². The minimum absolute atomic E-state index is 0.0661. The summed E-state index contributed by atoms with van der Waals surface area (Å²) >= 11 is 0. The summed E-state index contributed by atoms with van der Waals surface area (Å²) in [6, 6.07) is 14.2. The molecule has 0 aromatic heterocycles. The Morgan fingerprint density at radius 2 is 1.73 bits per heavy atom. The summed E-state index contributed by atoms with van der Waals surface area (Å²) in [6.45, 7) is 2.92. The Kier molecular flexibility index (Phi) is 5.31. The van der Waals surface area contributed by atoms with Gasteiger partial charge in [0.25, 0.3) is 11.8 Å². The number of rotatable bonds is 7. The monoisotopic (exact) mass is 352 g/mol. The highest BCUT2D eigenvalue weighted by Gasteiger charge is 2.34. The van der Waals surface area contributed by atoms with Crippen molar-refractivity contribution in [2.75, 3.05) is 13.2 Å². The van der Waals surface area contributed by atoms with Gasteiger partial charge in [0.1, 0.15) is 5.75 Å². The van der Waals surface area contributed by atoms with Gasteiger partial charge in [0.05, 0.1) is 17.7 Å². The third kappa shape index (κ3) is 3.74. The first-order valence-electron chi connectivity index (χ1n) is 8.54. The van der Waals surface area contributed by atoms with E-state index < -0.39 is 0 Å². The summed E-state index contributed by atoms with van der Waals surface area (Å²) in [5.41, 5.74) is 1.71. The number of benzene rings is 2. The second-order valence-corrected chi connectivity index (χ2v) is 5.91. The number of hydrogen-bond acceptors (Lipinski definition) is 4. The Morgan fingerprint density at radius 1 is 1.04 bits per heavy atom. The lowest BCUT2D eigenvalue weighted by molar-refractivity contribution is -0.121. The van der Waals surface area contributed by atoms with E-state index in [-0.39, 0.29) is 30.7 Å². The smallest absolute Gasteiger partial charge is 0.261 e. The van der Waals surface area contributed by atoms with Crippen LogP contribution in [0.4, 0.5) is 0 Å². The summed E-state index contributed by atoms with van der Waals surface area (Å²) in [6.07, 6.45) is 0.0661. The highest BCUT2D eigenvalue weighted by molar-refractivity contribution is 6.21. The zero-order chi connectivity index (χ0) is 18.5. The van der Waals surface area contributed by atoms with Gasteiger partial charge < -0.3 is 10.1 Å². The van der Waals surface area contributed by atoms with Crippen LogP contribution >= 0.6 is 0 Å². The maximum absolute atomic E-state index is 12.3. The molecular formula is C20H20N2O4. The highest BCUT2D eigenvalue weighted by atomic mass is 16.5. The molecule has 1 N–H and O–H groups in total. The number of imide groups is 1. The first-order chi connectivity index (χ1) is 12.6. The zero-order valence-corrected chi connectivity index (χ0v) is 14.5. The molecule has 0 saturated heterocycles. The van der Waals surface area contributed by atoms with E-state index in [9.17, 15) is 14.4 Å². The molecule has 0 atom stereocenters. The van der Waals surface area contributed by atoms with Crippen LogP contribution in [0.15, 0.2) is 48.5 Å². The largest absolute Gasteiger partial charge is 0.494 e. The molecule has 0 unspecified atom stereocenters. The van der Waals surface area contributed by atoms with E-state index in [1.165, 1.54) is 0 Å². The van der Waals surface area contributed by atoms with E-state index in [1.54, 1.807) is 24.3 Å². The van der Waals surface area contributed by atoms with Gasteiger partial charge in [-0.25, -0.2) is 0 Å². The van der Waals surface area contributed by atoms with Crippen LogP contribution in [0.25, 0.3) is 0 Å². The number of fused-ring (bicyclic) bond motifs is 1. The second-order valence-electron chi connectivity index (χ2n) is 5.91. The maximum Gasteiger partial charge on any atom is 0.261 e. The number of ether oxygens (including phenoxy) is 1. The van der Waals surface area contributed by atoms with E-state index in [0.717, 1.165) is 16.2 Å². The highest BCUT2D eigenvalue weighted by Crippen LogP contribution is 2.22. The maximum atomic E-state index is 12.3. The molecule has 0 fully saturated rings. The molecule has 1 aliphatic heterocycles. The van der Waals surface area contributed by atoms with Crippen LogP contribution in [-0.4, -0.2) is 35.8 Å². The number of nitrogens with zero attached hydrogens (tertiary/aromatic N) is 1. The van der Waals surface area contributed by atoms with Crippen LogP contribution in [0.5, 0.6) is 5.75 Å². The van der Waals surface area contributed by atoms with Crippen molar-refractivity contribution in [1.82, 2.24) is 10.2 Å². The third-order valence-electron chi connectivity index (χ3n) is 4.14. The van der Waals surface area contributed by atoms with Crippen LogP contribution in [0, 0.1) is 0 Å². The molecular weight excluding hydrogens is 332 g/mol. The van der Waals surface area contributed by atoms with E-state index in [2.05, 4.69) is 5.32 Å². The molecule has 3 amide bonds. The lowest BCUT2D eigenvalue weighted by Gasteiger charge is -2.13. The second kappa shape index (κ2) is 7.82. The summed E-state index contributed by atoms with van der Waals surface area (Å²) in [7, 11) is 0. The molecule has 2 aromatic rings. The summed E-state index contributed by atoms with van der Waals surface area (Å²) in [5.74, 6) is -0.153. The van der Waals surface area contributed by atoms with Gasteiger partial charge in [-0.2, -0.15) is 0 Å². The summed E-state index contributed by atoms with van der Waals surface area (Å²) in [4.78, 5) is 37.7. The van der Waals surface area contributed by atoms with Crippen molar-refractivity contribution in [3.05, 3.63) is 65.2 Å². The minimum atomic E-state index is -0.345. The Hall–Kier alpha value is -3.15. The predicted molar refractivity (Wildman–Crippen MR) is 95.9 cm³/mol. The van der Waals surface area contributed by atoms with Crippen LogP contribution in [-0.2, 0) is 11.3 Å². The topological polar surface area (TPSA) is 75.7 Å². The molecule has 2 aromatic carbocycles. The fraction of sp³-hybridized carbons (Fsp3) is 0.250. The molecule has 6 nitrogen and oxygen atoms in total. The molecule has 1 aliphatic rings. The predicted octanol–water partition coefficient (Wildman–Crippen LogP) is 2.39. The van der Waals surface area contributed by atoms with Crippen LogP contribution < -0.4 is 10.1 Å². The third-order valence-corrected chi connectivity index (χ3v) is 4.14. The van der Waals surface area contributed by atoms with E-state index >= 15 is 0 Å². The van der Waals surface area contributed by atoms with Gasteiger partial charge in [0.2, 0.25) is 5.91 Å². The Labute approximate surface area is 151 Å². The number of carbonyl (C=O) groups is 3. The molecule has 0 radical (unpaired) electrons. The molecule has 0 saturated carbocycles. The van der Waals surface area contributed by atoms with Crippen LogP contribution in [0.3, 0.4) is 0 Å². The molecule has 134 valence electrons. The minimum Gasteiger partial charge on any atom is -0.494 e. The lowest BCUT2D eigenvalue weighted by Crippen LogP contribution is -2.34. The molecule has 0 spiro atoms. The van der Waals surface area contributed by atoms with Crippen molar-refractivity contribution < 1.29 is 19.1 Å².